The molecule has 0 amide bonds. The van der Waals surface area contributed by atoms with E-state index in [-0.39, 0.29) is 6.10 Å². The minimum atomic E-state index is -1.17. The van der Waals surface area contributed by atoms with E-state index in [0.29, 0.717) is 6.54 Å². The lowest BCUT2D eigenvalue weighted by atomic mass is 9.95. The van der Waals surface area contributed by atoms with Crippen LogP contribution in [0.25, 0.3) is 10.8 Å². The second-order valence-corrected chi connectivity index (χ2v) is 7.46. The standard InChI is InChI=1S/C20H26NO2/c1-16-14-21(11-5-2-6-12-21)15-20(22,23-16)19-10-9-17-7-3-4-8-18(17)13-19/h3-4,7-10,13,16,22H,2,5-6,11-12,14-15H2,1H3/q+1/t16-,20+/m1/s1. The number of benzene rings is 2. The molecule has 0 bridgehead atoms. The van der Waals surface area contributed by atoms with Crippen LogP contribution in [-0.4, -0.2) is 41.9 Å². The summed E-state index contributed by atoms with van der Waals surface area (Å²) in [6.45, 7) is 6.14. The van der Waals surface area contributed by atoms with Crippen molar-refractivity contribution < 1.29 is 14.3 Å². The lowest BCUT2D eigenvalue weighted by Crippen LogP contribution is -2.65. The van der Waals surface area contributed by atoms with E-state index in [1.165, 1.54) is 37.7 Å². The van der Waals surface area contributed by atoms with Gasteiger partial charge in [-0.25, -0.2) is 0 Å². The number of morpholine rings is 1. The first-order valence-electron chi connectivity index (χ1n) is 8.83. The molecule has 3 heteroatoms. The molecule has 1 spiro atoms. The minimum Gasteiger partial charge on any atom is -0.357 e. The Balaban J connectivity index is 1.71. The van der Waals surface area contributed by atoms with Crippen molar-refractivity contribution in [2.24, 2.45) is 0 Å². The first kappa shape index (κ1) is 15.1. The summed E-state index contributed by atoms with van der Waals surface area (Å²) in [4.78, 5) is 0. The van der Waals surface area contributed by atoms with Gasteiger partial charge >= 0.3 is 0 Å². The zero-order valence-corrected chi connectivity index (χ0v) is 13.9. The number of nitrogens with zero attached hydrogens (tertiary/aromatic N) is 1. The SMILES string of the molecule is C[C@@H]1C[N+]2(CCCCC2)C[C@@](O)(c2ccc3ccccc3c2)O1. The fourth-order valence-corrected chi connectivity index (χ4v) is 4.59. The number of quaternary nitrogens is 1. The molecule has 2 aromatic rings. The van der Waals surface area contributed by atoms with Crippen LogP contribution in [0, 0.1) is 0 Å². The van der Waals surface area contributed by atoms with Crippen molar-refractivity contribution in [3.63, 3.8) is 0 Å². The van der Waals surface area contributed by atoms with Gasteiger partial charge in [-0.05, 0) is 43.0 Å². The van der Waals surface area contributed by atoms with Gasteiger partial charge in [-0.2, -0.15) is 0 Å². The Morgan fingerprint density at radius 1 is 1.04 bits per heavy atom. The number of ether oxygens (including phenoxy) is 1. The van der Waals surface area contributed by atoms with Crippen molar-refractivity contribution >= 4 is 10.8 Å². The Hall–Kier alpha value is -1.42. The molecule has 0 unspecified atom stereocenters. The second-order valence-electron chi connectivity index (χ2n) is 7.46. The summed E-state index contributed by atoms with van der Waals surface area (Å²) in [5.74, 6) is -1.17. The fourth-order valence-electron chi connectivity index (χ4n) is 4.59. The average molecular weight is 312 g/mol. The summed E-state index contributed by atoms with van der Waals surface area (Å²) in [7, 11) is 0. The molecular formula is C20H26NO2+. The third kappa shape index (κ3) is 2.78. The van der Waals surface area contributed by atoms with Crippen molar-refractivity contribution in [2.45, 2.75) is 38.1 Å². The van der Waals surface area contributed by atoms with Crippen LogP contribution >= 0.6 is 0 Å². The van der Waals surface area contributed by atoms with Gasteiger partial charge in [0.05, 0.1) is 13.1 Å². The maximum atomic E-state index is 11.4. The third-order valence-electron chi connectivity index (χ3n) is 5.56. The van der Waals surface area contributed by atoms with Gasteiger partial charge in [-0.15, -0.1) is 0 Å². The van der Waals surface area contributed by atoms with Crippen molar-refractivity contribution in [1.82, 2.24) is 0 Å². The zero-order chi connectivity index (χ0) is 15.9. The van der Waals surface area contributed by atoms with Crippen LogP contribution in [0.5, 0.6) is 0 Å². The minimum absolute atomic E-state index is 0.0818. The molecule has 2 aliphatic heterocycles. The van der Waals surface area contributed by atoms with Gasteiger partial charge in [0.15, 0.2) is 0 Å². The highest BCUT2D eigenvalue weighted by Crippen LogP contribution is 2.36. The van der Waals surface area contributed by atoms with Gasteiger partial charge in [-0.1, -0.05) is 36.4 Å². The van der Waals surface area contributed by atoms with Crippen LogP contribution in [0.15, 0.2) is 42.5 Å². The summed E-state index contributed by atoms with van der Waals surface area (Å²) in [6, 6.07) is 14.5. The number of piperidine rings is 1. The van der Waals surface area contributed by atoms with E-state index in [0.717, 1.165) is 22.0 Å². The molecule has 0 aromatic heterocycles. The number of rotatable bonds is 1. The zero-order valence-electron chi connectivity index (χ0n) is 13.9. The van der Waals surface area contributed by atoms with E-state index in [9.17, 15) is 5.11 Å². The summed E-state index contributed by atoms with van der Waals surface area (Å²) in [5.41, 5.74) is 0.894. The number of hydrogen-bond donors (Lipinski definition) is 1. The molecule has 3 nitrogen and oxygen atoms in total. The number of hydrogen-bond acceptors (Lipinski definition) is 2. The van der Waals surface area contributed by atoms with Gasteiger partial charge in [0, 0.05) is 5.56 Å². The van der Waals surface area contributed by atoms with E-state index in [1.807, 2.05) is 18.2 Å². The molecule has 4 rings (SSSR count). The largest absolute Gasteiger partial charge is 0.357 e. The summed E-state index contributed by atoms with van der Waals surface area (Å²) in [6.07, 6.45) is 3.93. The quantitative estimate of drug-likeness (QED) is 0.818. The van der Waals surface area contributed by atoms with Crippen molar-refractivity contribution in [1.29, 1.82) is 0 Å². The van der Waals surface area contributed by atoms with Crippen molar-refractivity contribution in [2.75, 3.05) is 26.2 Å². The first-order chi connectivity index (χ1) is 11.1. The Bertz CT molecular complexity index is 708. The molecule has 0 radical (unpaired) electrons. The maximum Gasteiger partial charge on any atom is 0.244 e. The highest BCUT2D eigenvalue weighted by molar-refractivity contribution is 5.83. The monoisotopic (exact) mass is 312 g/mol. The smallest absolute Gasteiger partial charge is 0.244 e. The molecule has 0 aliphatic carbocycles. The van der Waals surface area contributed by atoms with Gasteiger partial charge in [0.1, 0.15) is 19.2 Å². The molecule has 2 aliphatic rings. The Morgan fingerprint density at radius 2 is 1.78 bits per heavy atom. The molecule has 2 atom stereocenters. The highest BCUT2D eigenvalue weighted by atomic mass is 16.6. The predicted molar refractivity (Wildman–Crippen MR) is 92.0 cm³/mol. The van der Waals surface area contributed by atoms with Gasteiger partial charge in [0.2, 0.25) is 5.79 Å². The molecular weight excluding hydrogens is 286 g/mol. The number of fused-ring (bicyclic) bond motifs is 1. The predicted octanol–water partition coefficient (Wildman–Crippen LogP) is 3.40. The topological polar surface area (TPSA) is 29.5 Å². The second kappa shape index (κ2) is 5.59. The van der Waals surface area contributed by atoms with Crippen LogP contribution in [0.3, 0.4) is 0 Å². The van der Waals surface area contributed by atoms with E-state index in [4.69, 9.17) is 4.74 Å². The van der Waals surface area contributed by atoms with Crippen molar-refractivity contribution in [3.8, 4) is 0 Å². The molecule has 2 heterocycles. The van der Waals surface area contributed by atoms with E-state index >= 15 is 0 Å². The molecule has 0 saturated carbocycles. The normalized spacial score (nSPS) is 30.6. The van der Waals surface area contributed by atoms with Crippen LogP contribution in [0.1, 0.15) is 31.7 Å². The number of aliphatic hydroxyl groups is 1. The Morgan fingerprint density at radius 3 is 2.57 bits per heavy atom. The molecule has 122 valence electrons. The van der Waals surface area contributed by atoms with Crippen LogP contribution in [0.2, 0.25) is 0 Å². The van der Waals surface area contributed by atoms with Gasteiger partial charge in [-0.3, -0.25) is 0 Å². The first-order valence-corrected chi connectivity index (χ1v) is 8.83. The van der Waals surface area contributed by atoms with Crippen molar-refractivity contribution in [3.05, 3.63) is 48.0 Å². The maximum absolute atomic E-state index is 11.4. The lowest BCUT2D eigenvalue weighted by molar-refractivity contribution is -0.955. The molecule has 1 N–H and O–H groups in total. The summed E-state index contributed by atoms with van der Waals surface area (Å²) in [5, 5.41) is 13.7. The van der Waals surface area contributed by atoms with Crippen LogP contribution in [-0.2, 0) is 10.5 Å². The van der Waals surface area contributed by atoms with E-state index in [2.05, 4.69) is 31.2 Å². The third-order valence-corrected chi connectivity index (χ3v) is 5.56. The summed E-state index contributed by atoms with van der Waals surface area (Å²) >= 11 is 0. The van der Waals surface area contributed by atoms with Crippen LogP contribution in [0.4, 0.5) is 0 Å². The van der Waals surface area contributed by atoms with Crippen LogP contribution < -0.4 is 0 Å². The molecule has 2 fully saturated rings. The summed E-state index contributed by atoms with van der Waals surface area (Å²) < 4.78 is 7.08. The fraction of sp³-hybridized carbons (Fsp3) is 0.500. The Kier molecular flexibility index (Phi) is 3.67. The Labute approximate surface area is 138 Å². The highest BCUT2D eigenvalue weighted by Gasteiger charge is 2.49. The van der Waals surface area contributed by atoms with Gasteiger partial charge in [0.25, 0.3) is 0 Å². The average Bonchev–Trinajstić information content (AvgIpc) is 2.54. The lowest BCUT2D eigenvalue weighted by Gasteiger charge is -2.51. The molecule has 23 heavy (non-hydrogen) atoms. The molecule has 2 aromatic carbocycles. The van der Waals surface area contributed by atoms with Gasteiger partial charge < -0.3 is 14.3 Å². The molecule has 2 saturated heterocycles. The van der Waals surface area contributed by atoms with E-state index in [1.54, 1.807) is 0 Å². The van der Waals surface area contributed by atoms with E-state index < -0.39 is 5.79 Å².